The number of nitrogens with one attached hydrogen (secondary N) is 2. The van der Waals surface area contributed by atoms with Crippen LogP contribution in [0.3, 0.4) is 0 Å². The van der Waals surface area contributed by atoms with Crippen molar-refractivity contribution in [3.63, 3.8) is 0 Å². The minimum absolute atomic E-state index is 0.179. The second-order valence-corrected chi connectivity index (χ2v) is 8.94. The minimum Gasteiger partial charge on any atom is -0.494 e. The minimum atomic E-state index is -0.311. The van der Waals surface area contributed by atoms with Gasteiger partial charge in [-0.15, -0.1) is 0 Å². The van der Waals surface area contributed by atoms with E-state index >= 15 is 0 Å². The molecule has 5 aromatic rings. The summed E-state index contributed by atoms with van der Waals surface area (Å²) in [7, 11) is 0. The number of oxazole rings is 1. The fourth-order valence-electron chi connectivity index (χ4n) is 3.84. The summed E-state index contributed by atoms with van der Waals surface area (Å²) in [5.41, 5.74) is 3.31. The zero-order valence-corrected chi connectivity index (χ0v) is 21.0. The quantitative estimate of drug-likeness (QED) is 0.232. The van der Waals surface area contributed by atoms with E-state index in [4.69, 9.17) is 33.0 Å². The number of carbonyl (C=O) groups excluding carboxylic acids is 1. The molecular weight excluding hydrogens is 494 g/mol. The largest absolute Gasteiger partial charge is 0.494 e. The molecule has 0 unspecified atom stereocenters. The lowest BCUT2D eigenvalue weighted by Crippen LogP contribution is -2.34. The van der Waals surface area contributed by atoms with Gasteiger partial charge in [0.2, 0.25) is 5.89 Å². The number of hydrogen-bond acceptors (Lipinski definition) is 5. The number of benzene rings is 4. The molecule has 0 aliphatic carbocycles. The first-order valence-corrected chi connectivity index (χ1v) is 12.2. The van der Waals surface area contributed by atoms with E-state index in [9.17, 15) is 4.79 Å². The molecule has 8 heteroatoms. The highest BCUT2D eigenvalue weighted by Gasteiger charge is 2.14. The molecule has 0 spiro atoms. The van der Waals surface area contributed by atoms with Crippen molar-refractivity contribution in [3.05, 3.63) is 89.4 Å². The molecule has 0 aliphatic rings. The molecule has 0 fully saturated rings. The van der Waals surface area contributed by atoms with Gasteiger partial charge in [0.25, 0.3) is 5.91 Å². The third-order valence-corrected chi connectivity index (χ3v) is 6.09. The molecule has 0 saturated heterocycles. The van der Waals surface area contributed by atoms with E-state index in [-0.39, 0.29) is 11.0 Å². The zero-order valence-electron chi connectivity index (χ0n) is 19.4. The lowest BCUT2D eigenvalue weighted by molar-refractivity contribution is 0.0977. The lowest BCUT2D eigenvalue weighted by Gasteiger charge is -2.10. The number of amides is 1. The van der Waals surface area contributed by atoms with Crippen molar-refractivity contribution in [2.24, 2.45) is 0 Å². The van der Waals surface area contributed by atoms with Crippen LogP contribution in [-0.2, 0) is 0 Å². The Morgan fingerprint density at radius 1 is 1.03 bits per heavy atom. The average Bonchev–Trinajstić information content (AvgIpc) is 3.31. The normalized spacial score (nSPS) is 10.9. The van der Waals surface area contributed by atoms with Gasteiger partial charge in [-0.3, -0.25) is 10.1 Å². The van der Waals surface area contributed by atoms with Crippen LogP contribution in [0.2, 0.25) is 5.02 Å². The van der Waals surface area contributed by atoms with Crippen LogP contribution >= 0.6 is 23.8 Å². The Labute approximate surface area is 218 Å². The molecule has 0 radical (unpaired) electrons. The van der Waals surface area contributed by atoms with Gasteiger partial charge in [-0.25, -0.2) is 4.98 Å². The van der Waals surface area contributed by atoms with Gasteiger partial charge in [-0.1, -0.05) is 42.8 Å². The SMILES string of the molecule is CCCOc1ccc(C(=O)NC(=S)Nc2ccc3oc(-c4cccc5c(Cl)cccc45)nc3c2)cc1. The summed E-state index contributed by atoms with van der Waals surface area (Å²) in [4.78, 5) is 17.2. The molecule has 0 atom stereocenters. The topological polar surface area (TPSA) is 76.4 Å². The molecule has 1 amide bonds. The fourth-order valence-corrected chi connectivity index (χ4v) is 4.29. The Morgan fingerprint density at radius 2 is 1.81 bits per heavy atom. The third-order valence-electron chi connectivity index (χ3n) is 5.56. The molecule has 5 rings (SSSR count). The molecule has 6 nitrogen and oxygen atoms in total. The predicted molar refractivity (Wildman–Crippen MR) is 148 cm³/mol. The molecule has 2 N–H and O–H groups in total. The predicted octanol–water partition coefficient (Wildman–Crippen LogP) is 7.22. The summed E-state index contributed by atoms with van der Waals surface area (Å²) >= 11 is 11.7. The number of thiocarbonyl (C=S) groups is 1. The number of nitrogens with zero attached hydrogens (tertiary/aromatic N) is 1. The van der Waals surface area contributed by atoms with Crippen LogP contribution in [0, 0.1) is 0 Å². The standard InChI is InChI=1S/C28H22ClN3O3S/c1-2-15-34-19-12-9-17(10-13-19)26(33)32-28(36)30-18-11-14-25-24(16-18)31-27(35-25)22-7-3-6-21-20(22)5-4-8-23(21)29/h3-14,16H,2,15H2,1H3,(H2,30,32,33,36). The van der Waals surface area contributed by atoms with Crippen LogP contribution < -0.4 is 15.4 Å². The molecule has 1 aromatic heterocycles. The highest BCUT2D eigenvalue weighted by atomic mass is 35.5. The van der Waals surface area contributed by atoms with E-state index in [1.165, 1.54) is 0 Å². The number of hydrogen-bond donors (Lipinski definition) is 2. The Hall–Kier alpha value is -3.94. The van der Waals surface area contributed by atoms with Gasteiger partial charge in [-0.2, -0.15) is 0 Å². The Kier molecular flexibility index (Phi) is 6.84. The summed E-state index contributed by atoms with van der Waals surface area (Å²) in [6, 6.07) is 24.0. The van der Waals surface area contributed by atoms with E-state index < -0.39 is 0 Å². The van der Waals surface area contributed by atoms with E-state index in [1.54, 1.807) is 24.3 Å². The maximum atomic E-state index is 12.6. The molecule has 180 valence electrons. The average molecular weight is 516 g/mol. The Balaban J connectivity index is 1.30. The van der Waals surface area contributed by atoms with Crippen molar-refractivity contribution in [1.82, 2.24) is 10.3 Å². The molecule has 0 saturated carbocycles. The third kappa shape index (κ3) is 5.03. The van der Waals surface area contributed by atoms with Crippen molar-refractivity contribution in [1.29, 1.82) is 0 Å². The summed E-state index contributed by atoms with van der Waals surface area (Å²) in [5, 5.41) is 8.48. The number of rotatable bonds is 6. The first-order chi connectivity index (χ1) is 17.5. The number of fused-ring (bicyclic) bond motifs is 2. The Bertz CT molecular complexity index is 1580. The summed E-state index contributed by atoms with van der Waals surface area (Å²) in [6.07, 6.45) is 0.918. The van der Waals surface area contributed by atoms with Crippen molar-refractivity contribution in [3.8, 4) is 17.2 Å². The van der Waals surface area contributed by atoms with Crippen LogP contribution in [0.1, 0.15) is 23.7 Å². The number of anilines is 1. The zero-order chi connectivity index (χ0) is 25.1. The van der Waals surface area contributed by atoms with E-state index in [0.717, 1.165) is 28.5 Å². The van der Waals surface area contributed by atoms with Gasteiger partial charge in [-0.05, 0) is 78.6 Å². The maximum absolute atomic E-state index is 12.6. The van der Waals surface area contributed by atoms with Crippen molar-refractivity contribution < 1.29 is 13.9 Å². The molecule has 0 bridgehead atoms. The van der Waals surface area contributed by atoms with Crippen LogP contribution in [0.4, 0.5) is 5.69 Å². The summed E-state index contributed by atoms with van der Waals surface area (Å²) < 4.78 is 11.6. The molecule has 0 aliphatic heterocycles. The molecular formula is C28H22ClN3O3S. The highest BCUT2D eigenvalue weighted by Crippen LogP contribution is 2.34. The van der Waals surface area contributed by atoms with E-state index in [0.29, 0.717) is 39.9 Å². The van der Waals surface area contributed by atoms with Crippen LogP contribution in [0.15, 0.2) is 83.3 Å². The first-order valence-electron chi connectivity index (χ1n) is 11.5. The monoisotopic (exact) mass is 515 g/mol. The molecule has 36 heavy (non-hydrogen) atoms. The maximum Gasteiger partial charge on any atom is 0.257 e. The van der Waals surface area contributed by atoms with Crippen molar-refractivity contribution in [2.45, 2.75) is 13.3 Å². The van der Waals surface area contributed by atoms with Crippen LogP contribution in [0.25, 0.3) is 33.3 Å². The summed E-state index contributed by atoms with van der Waals surface area (Å²) in [5.74, 6) is 0.909. The van der Waals surface area contributed by atoms with Crippen molar-refractivity contribution >= 4 is 62.4 Å². The van der Waals surface area contributed by atoms with Gasteiger partial charge in [0.15, 0.2) is 10.7 Å². The Morgan fingerprint density at radius 3 is 2.61 bits per heavy atom. The number of aromatic nitrogens is 1. The van der Waals surface area contributed by atoms with E-state index in [2.05, 4.69) is 15.6 Å². The summed E-state index contributed by atoms with van der Waals surface area (Å²) in [6.45, 7) is 2.67. The fraction of sp³-hybridized carbons (Fsp3) is 0.107. The van der Waals surface area contributed by atoms with Crippen LogP contribution in [-0.4, -0.2) is 22.6 Å². The van der Waals surface area contributed by atoms with E-state index in [1.807, 2.05) is 61.5 Å². The molecule has 1 heterocycles. The second kappa shape index (κ2) is 10.4. The highest BCUT2D eigenvalue weighted by molar-refractivity contribution is 7.80. The van der Waals surface area contributed by atoms with Gasteiger partial charge >= 0.3 is 0 Å². The van der Waals surface area contributed by atoms with Gasteiger partial charge in [0.05, 0.1) is 6.61 Å². The second-order valence-electron chi connectivity index (χ2n) is 8.12. The van der Waals surface area contributed by atoms with Crippen molar-refractivity contribution in [2.75, 3.05) is 11.9 Å². The number of carbonyl (C=O) groups is 1. The smallest absolute Gasteiger partial charge is 0.257 e. The van der Waals surface area contributed by atoms with Gasteiger partial charge < -0.3 is 14.5 Å². The van der Waals surface area contributed by atoms with Gasteiger partial charge in [0.1, 0.15) is 11.3 Å². The van der Waals surface area contributed by atoms with Gasteiger partial charge in [0, 0.05) is 27.2 Å². The molecule has 4 aromatic carbocycles. The lowest BCUT2D eigenvalue weighted by atomic mass is 10.0. The van der Waals surface area contributed by atoms with Crippen LogP contribution in [0.5, 0.6) is 5.75 Å². The number of ether oxygens (including phenoxy) is 1. The first kappa shape index (κ1) is 23.8. The number of halogens is 1.